The molecule has 0 bridgehead atoms. The highest BCUT2D eigenvalue weighted by atomic mass is 32.2. The Morgan fingerprint density at radius 1 is 0.968 bits per heavy atom. The largest absolute Gasteiger partial charge is 0.378 e. The van der Waals surface area contributed by atoms with E-state index in [1.54, 1.807) is 29.2 Å². The molecular formula is C22H25N5O3S. The highest BCUT2D eigenvalue weighted by molar-refractivity contribution is 7.92. The summed E-state index contributed by atoms with van der Waals surface area (Å²) in [4.78, 5) is 12.9. The molecule has 0 amide bonds. The molecule has 0 spiro atoms. The van der Waals surface area contributed by atoms with E-state index in [9.17, 15) is 8.42 Å². The highest BCUT2D eigenvalue weighted by Gasteiger charge is 2.21. The molecule has 2 aromatic carbocycles. The maximum absolute atomic E-state index is 13.0. The van der Waals surface area contributed by atoms with Gasteiger partial charge in [-0.3, -0.25) is 4.72 Å². The summed E-state index contributed by atoms with van der Waals surface area (Å²) in [5, 5.41) is 0. The van der Waals surface area contributed by atoms with Gasteiger partial charge in [-0.15, -0.1) is 0 Å². The summed E-state index contributed by atoms with van der Waals surface area (Å²) in [5.74, 6) is 1.06. The minimum Gasteiger partial charge on any atom is -0.378 e. The Morgan fingerprint density at radius 2 is 1.61 bits per heavy atom. The molecule has 1 fully saturated rings. The van der Waals surface area contributed by atoms with Crippen LogP contribution in [-0.2, 0) is 14.8 Å². The van der Waals surface area contributed by atoms with Crippen LogP contribution >= 0.6 is 0 Å². The van der Waals surface area contributed by atoms with Gasteiger partial charge in [0.1, 0.15) is 5.69 Å². The van der Waals surface area contributed by atoms with Crippen molar-refractivity contribution in [2.45, 2.75) is 4.90 Å². The Balaban J connectivity index is 1.58. The van der Waals surface area contributed by atoms with E-state index in [1.807, 2.05) is 49.3 Å². The van der Waals surface area contributed by atoms with Gasteiger partial charge in [0.2, 0.25) is 5.95 Å². The summed E-state index contributed by atoms with van der Waals surface area (Å²) < 4.78 is 34.0. The molecule has 4 rings (SSSR count). The molecule has 0 atom stereocenters. The van der Waals surface area contributed by atoms with E-state index < -0.39 is 10.0 Å². The van der Waals surface area contributed by atoms with E-state index in [0.29, 0.717) is 43.8 Å². The van der Waals surface area contributed by atoms with Crippen LogP contribution in [0.25, 0.3) is 11.1 Å². The maximum Gasteiger partial charge on any atom is 0.262 e. The number of anilines is 3. The van der Waals surface area contributed by atoms with Gasteiger partial charge < -0.3 is 14.5 Å². The molecule has 3 aromatic rings. The summed E-state index contributed by atoms with van der Waals surface area (Å²) in [5.41, 5.74) is 2.31. The Morgan fingerprint density at radius 3 is 2.26 bits per heavy atom. The number of nitrogens with zero attached hydrogens (tertiary/aromatic N) is 4. The first-order chi connectivity index (χ1) is 14.9. The number of ether oxygens (including phenoxy) is 1. The van der Waals surface area contributed by atoms with Crippen molar-refractivity contribution in [3.63, 3.8) is 0 Å². The number of benzene rings is 2. The van der Waals surface area contributed by atoms with Crippen LogP contribution in [0, 0.1) is 0 Å². The zero-order valence-electron chi connectivity index (χ0n) is 17.5. The molecule has 1 saturated heterocycles. The minimum atomic E-state index is -3.80. The molecule has 8 nitrogen and oxygen atoms in total. The van der Waals surface area contributed by atoms with Crippen molar-refractivity contribution in [1.82, 2.24) is 9.97 Å². The Labute approximate surface area is 182 Å². The second-order valence-electron chi connectivity index (χ2n) is 7.40. The zero-order chi connectivity index (χ0) is 21.8. The average Bonchev–Trinajstić information content (AvgIpc) is 2.80. The number of aromatic nitrogens is 2. The average molecular weight is 440 g/mol. The summed E-state index contributed by atoms with van der Waals surface area (Å²) in [7, 11) is -0.162. The van der Waals surface area contributed by atoms with Crippen LogP contribution in [0.3, 0.4) is 0 Å². The van der Waals surface area contributed by atoms with Crippen molar-refractivity contribution in [3.8, 4) is 11.1 Å². The fourth-order valence-corrected chi connectivity index (χ4v) is 4.40. The van der Waals surface area contributed by atoms with Gasteiger partial charge in [0.25, 0.3) is 10.0 Å². The van der Waals surface area contributed by atoms with Crippen molar-refractivity contribution in [2.24, 2.45) is 0 Å². The number of morpholine rings is 1. The number of sulfonamides is 1. The van der Waals surface area contributed by atoms with Crippen LogP contribution in [0.1, 0.15) is 0 Å². The van der Waals surface area contributed by atoms with Crippen LogP contribution in [0.2, 0.25) is 0 Å². The minimum absolute atomic E-state index is 0.175. The number of nitrogens with one attached hydrogen (secondary N) is 1. The lowest BCUT2D eigenvalue weighted by Gasteiger charge is -2.28. The third kappa shape index (κ3) is 4.78. The fourth-order valence-electron chi connectivity index (χ4n) is 3.35. The van der Waals surface area contributed by atoms with E-state index in [4.69, 9.17) is 4.74 Å². The fraction of sp³-hybridized carbons (Fsp3) is 0.273. The van der Waals surface area contributed by atoms with Gasteiger partial charge in [0.05, 0.1) is 24.3 Å². The van der Waals surface area contributed by atoms with Crippen molar-refractivity contribution >= 4 is 27.5 Å². The Kier molecular flexibility index (Phi) is 6.06. The van der Waals surface area contributed by atoms with Crippen molar-refractivity contribution < 1.29 is 13.2 Å². The quantitative estimate of drug-likeness (QED) is 0.632. The molecule has 0 radical (unpaired) electrons. The van der Waals surface area contributed by atoms with Crippen LogP contribution < -0.4 is 14.5 Å². The summed E-state index contributed by atoms with van der Waals surface area (Å²) >= 11 is 0. The van der Waals surface area contributed by atoms with Crippen LogP contribution in [0.5, 0.6) is 0 Å². The number of rotatable bonds is 6. The predicted octanol–water partition coefficient (Wildman–Crippen LogP) is 2.85. The second kappa shape index (κ2) is 8.91. The first kappa shape index (κ1) is 21.1. The lowest BCUT2D eigenvalue weighted by atomic mass is 10.1. The van der Waals surface area contributed by atoms with Crippen LogP contribution in [0.15, 0.2) is 65.7 Å². The molecule has 1 N–H and O–H groups in total. The third-order valence-electron chi connectivity index (χ3n) is 4.99. The Bertz CT molecular complexity index is 1130. The summed E-state index contributed by atoms with van der Waals surface area (Å²) in [6.45, 7) is 2.64. The molecule has 31 heavy (non-hydrogen) atoms. The van der Waals surface area contributed by atoms with Crippen LogP contribution in [-0.4, -0.2) is 58.8 Å². The number of hydrogen-bond donors (Lipinski definition) is 1. The molecule has 2 heterocycles. The monoisotopic (exact) mass is 439 g/mol. The number of hydrogen-bond acceptors (Lipinski definition) is 7. The van der Waals surface area contributed by atoms with E-state index in [1.165, 1.54) is 6.20 Å². The van der Waals surface area contributed by atoms with Gasteiger partial charge in [-0.05, 0) is 23.3 Å². The Hall–Kier alpha value is -3.17. The molecule has 162 valence electrons. The molecular weight excluding hydrogens is 414 g/mol. The van der Waals surface area contributed by atoms with Gasteiger partial charge in [0, 0.05) is 27.2 Å². The summed E-state index contributed by atoms with van der Waals surface area (Å²) in [6.07, 6.45) is 1.52. The van der Waals surface area contributed by atoms with Gasteiger partial charge in [-0.2, -0.15) is 4.98 Å². The van der Waals surface area contributed by atoms with Crippen LogP contribution in [0.4, 0.5) is 17.5 Å². The lowest BCUT2D eigenvalue weighted by Crippen LogP contribution is -2.37. The topological polar surface area (TPSA) is 87.7 Å². The normalized spacial score (nSPS) is 14.3. The second-order valence-corrected chi connectivity index (χ2v) is 9.08. The SMILES string of the molecule is CN(C)c1nc(N2CCOCC2)ncc1NS(=O)(=O)c1ccc(-c2ccccc2)cc1. The van der Waals surface area contributed by atoms with E-state index in [2.05, 4.69) is 14.7 Å². The van der Waals surface area contributed by atoms with Gasteiger partial charge in [-0.25, -0.2) is 13.4 Å². The molecule has 1 aliphatic heterocycles. The first-order valence-corrected chi connectivity index (χ1v) is 11.5. The van der Waals surface area contributed by atoms with Gasteiger partial charge in [-0.1, -0.05) is 42.5 Å². The molecule has 1 aliphatic rings. The zero-order valence-corrected chi connectivity index (χ0v) is 18.3. The van der Waals surface area contributed by atoms with Crippen molar-refractivity contribution in [1.29, 1.82) is 0 Å². The maximum atomic E-state index is 13.0. The first-order valence-electron chi connectivity index (χ1n) is 9.99. The van der Waals surface area contributed by atoms with Crippen molar-refractivity contribution in [2.75, 3.05) is 54.9 Å². The third-order valence-corrected chi connectivity index (χ3v) is 6.37. The molecule has 1 aromatic heterocycles. The predicted molar refractivity (Wildman–Crippen MR) is 122 cm³/mol. The van der Waals surface area contributed by atoms with E-state index in [-0.39, 0.29) is 4.90 Å². The standard InChI is InChI=1S/C22H25N5O3S/c1-26(2)21-20(16-23-22(24-21)27-12-14-30-15-13-27)25-31(28,29)19-10-8-18(9-11-19)17-6-4-3-5-7-17/h3-11,16,25H,12-15H2,1-2H3. The van der Waals surface area contributed by atoms with E-state index >= 15 is 0 Å². The smallest absolute Gasteiger partial charge is 0.262 e. The highest BCUT2D eigenvalue weighted by Crippen LogP contribution is 2.27. The molecule has 0 aliphatic carbocycles. The lowest BCUT2D eigenvalue weighted by molar-refractivity contribution is 0.122. The molecule has 9 heteroatoms. The molecule has 0 unspecified atom stereocenters. The summed E-state index contributed by atoms with van der Waals surface area (Å²) in [6, 6.07) is 16.6. The van der Waals surface area contributed by atoms with Gasteiger partial charge >= 0.3 is 0 Å². The van der Waals surface area contributed by atoms with Crippen molar-refractivity contribution in [3.05, 3.63) is 60.8 Å². The molecule has 0 saturated carbocycles. The van der Waals surface area contributed by atoms with E-state index in [0.717, 1.165) is 11.1 Å². The van der Waals surface area contributed by atoms with Gasteiger partial charge in [0.15, 0.2) is 5.82 Å².